The van der Waals surface area contributed by atoms with E-state index in [9.17, 15) is 9.59 Å². The first-order valence-corrected chi connectivity index (χ1v) is 10.7. The van der Waals surface area contributed by atoms with E-state index in [0.29, 0.717) is 23.0 Å². The van der Waals surface area contributed by atoms with Gasteiger partial charge in [-0.05, 0) is 43.0 Å². The van der Waals surface area contributed by atoms with Crippen molar-refractivity contribution in [3.8, 4) is 0 Å². The molecule has 0 heterocycles. The lowest BCUT2D eigenvalue weighted by molar-refractivity contribution is -0.116. The number of carbonyl (C=O) groups excluding carboxylic acids is 2. The Morgan fingerprint density at radius 3 is 2.43 bits per heavy atom. The minimum absolute atomic E-state index is 0.0666. The normalized spacial score (nSPS) is 11.0. The van der Waals surface area contributed by atoms with Crippen LogP contribution >= 0.6 is 23.5 Å². The van der Waals surface area contributed by atoms with Crippen molar-refractivity contribution in [3.05, 3.63) is 48.5 Å². The number of amidine groups is 1. The zero-order chi connectivity index (χ0) is 20.4. The molecule has 0 aliphatic rings. The van der Waals surface area contributed by atoms with Crippen molar-refractivity contribution in [3.63, 3.8) is 0 Å². The maximum Gasteiger partial charge on any atom is 0.435 e. The fourth-order valence-electron chi connectivity index (χ4n) is 2.23. The molecule has 0 aliphatic carbocycles. The summed E-state index contributed by atoms with van der Waals surface area (Å²) >= 11 is 2.87. The molecule has 2 N–H and O–H groups in total. The molecule has 0 unspecified atom stereocenters. The molecule has 6 nitrogen and oxygen atoms in total. The van der Waals surface area contributed by atoms with Crippen LogP contribution in [0.3, 0.4) is 0 Å². The Balaban J connectivity index is 2.30. The van der Waals surface area contributed by atoms with E-state index in [-0.39, 0.29) is 5.91 Å². The predicted molar refractivity (Wildman–Crippen MR) is 118 cm³/mol. The van der Waals surface area contributed by atoms with Gasteiger partial charge in [0.2, 0.25) is 5.91 Å². The summed E-state index contributed by atoms with van der Waals surface area (Å²) in [4.78, 5) is 29.5. The molecule has 2 aromatic carbocycles. The molecule has 0 saturated heterocycles. The largest absolute Gasteiger partial charge is 0.451 e. The second-order valence-electron chi connectivity index (χ2n) is 5.64. The summed E-state index contributed by atoms with van der Waals surface area (Å²) in [6, 6.07) is 15.7. The average molecular weight is 418 g/mol. The number of anilines is 2. The molecular weight excluding hydrogens is 394 g/mol. The molecule has 0 bridgehead atoms. The van der Waals surface area contributed by atoms with Crippen LogP contribution in [-0.4, -0.2) is 30.5 Å². The first-order chi connectivity index (χ1) is 13.5. The predicted octanol–water partition coefficient (Wildman–Crippen LogP) is 5.47. The van der Waals surface area contributed by atoms with Crippen LogP contribution in [0.5, 0.6) is 0 Å². The lowest BCUT2D eigenvalue weighted by atomic mass is 10.2. The maximum absolute atomic E-state index is 12.2. The number of rotatable bonds is 6. The highest BCUT2D eigenvalue weighted by molar-refractivity contribution is 8.13. The van der Waals surface area contributed by atoms with E-state index in [4.69, 9.17) is 0 Å². The number of thioether (sulfide) groups is 1. The average Bonchev–Trinajstić information content (AvgIpc) is 2.70. The van der Waals surface area contributed by atoms with Crippen LogP contribution in [0.25, 0.3) is 0 Å². The van der Waals surface area contributed by atoms with Crippen LogP contribution in [0.1, 0.15) is 19.8 Å². The number of hydrogen-bond acceptors (Lipinski definition) is 5. The number of hydrogen-bond donors (Lipinski definition) is 2. The minimum atomic E-state index is -0.690. The number of nitrogens with zero attached hydrogens (tertiary/aromatic N) is 1. The van der Waals surface area contributed by atoms with Gasteiger partial charge in [-0.25, -0.2) is 4.79 Å². The van der Waals surface area contributed by atoms with Gasteiger partial charge in [-0.3, -0.25) is 4.79 Å². The van der Waals surface area contributed by atoms with Crippen molar-refractivity contribution < 1.29 is 14.3 Å². The summed E-state index contributed by atoms with van der Waals surface area (Å²) < 4.78 is 4.58. The van der Waals surface area contributed by atoms with Gasteiger partial charge < -0.3 is 15.4 Å². The number of nitrogens with one attached hydrogen (secondary N) is 2. The highest BCUT2D eigenvalue weighted by atomic mass is 32.2. The lowest BCUT2D eigenvalue weighted by Crippen LogP contribution is -2.15. The molecule has 0 spiro atoms. The quantitative estimate of drug-likeness (QED) is 0.479. The summed E-state index contributed by atoms with van der Waals surface area (Å²) in [5.74, 6) is -0.0666. The number of ether oxygens (including phenoxy) is 1. The Morgan fingerprint density at radius 1 is 1.04 bits per heavy atom. The molecule has 148 valence electrons. The number of benzene rings is 2. The van der Waals surface area contributed by atoms with Gasteiger partial charge in [0.15, 0.2) is 5.17 Å². The van der Waals surface area contributed by atoms with Gasteiger partial charge in [0.05, 0.1) is 18.5 Å². The van der Waals surface area contributed by atoms with Crippen molar-refractivity contribution in [2.24, 2.45) is 4.99 Å². The number of aliphatic imine (C=N–C) groups is 1. The van der Waals surface area contributed by atoms with Gasteiger partial charge in [0.25, 0.3) is 0 Å². The SMILES string of the molecule is CCCC(=O)Nc1cc(Sc2ccccc2)ccc1NC(=NC(=O)OC)SC. The molecule has 0 aromatic heterocycles. The van der Waals surface area contributed by atoms with Crippen LogP contribution in [0.4, 0.5) is 16.2 Å². The van der Waals surface area contributed by atoms with Gasteiger partial charge in [-0.15, -0.1) is 0 Å². The van der Waals surface area contributed by atoms with Gasteiger partial charge in [-0.1, -0.05) is 48.6 Å². The zero-order valence-corrected chi connectivity index (χ0v) is 17.7. The van der Waals surface area contributed by atoms with E-state index < -0.39 is 6.09 Å². The smallest absolute Gasteiger partial charge is 0.435 e. The van der Waals surface area contributed by atoms with Crippen molar-refractivity contribution >= 4 is 52.1 Å². The molecule has 8 heteroatoms. The summed E-state index contributed by atoms with van der Waals surface area (Å²) in [7, 11) is 1.27. The van der Waals surface area contributed by atoms with Crippen molar-refractivity contribution in [1.82, 2.24) is 0 Å². The van der Waals surface area contributed by atoms with Crippen molar-refractivity contribution in [1.29, 1.82) is 0 Å². The zero-order valence-electron chi connectivity index (χ0n) is 16.0. The Hall–Kier alpha value is -2.45. The molecule has 2 aromatic rings. The molecule has 28 heavy (non-hydrogen) atoms. The van der Waals surface area contributed by atoms with Gasteiger partial charge in [0, 0.05) is 16.2 Å². The first kappa shape index (κ1) is 21.8. The second kappa shape index (κ2) is 11.4. The Kier molecular flexibility index (Phi) is 8.90. The van der Waals surface area contributed by atoms with Crippen molar-refractivity contribution in [2.75, 3.05) is 24.0 Å². The van der Waals surface area contributed by atoms with E-state index >= 15 is 0 Å². The standard InChI is InChI=1S/C20H23N3O3S2/c1-4-8-18(24)21-17-13-15(28-14-9-6-5-7-10-14)11-12-16(17)22-19(27-3)23-20(25)26-2/h5-7,9-13H,4,8H2,1-3H3,(H,21,24)(H,22,23,25). The van der Waals surface area contributed by atoms with E-state index in [0.717, 1.165) is 16.2 Å². The molecule has 0 atom stereocenters. The van der Waals surface area contributed by atoms with E-state index in [1.807, 2.05) is 55.5 Å². The Bertz CT molecular complexity index is 842. The molecule has 0 saturated carbocycles. The molecule has 0 aliphatic heterocycles. The Morgan fingerprint density at radius 2 is 1.79 bits per heavy atom. The van der Waals surface area contributed by atoms with Gasteiger partial charge >= 0.3 is 6.09 Å². The number of carbonyl (C=O) groups is 2. The third-order valence-corrected chi connectivity index (χ3v) is 5.10. The number of methoxy groups -OCH3 is 1. The molecular formula is C20H23N3O3S2. The summed E-state index contributed by atoms with van der Waals surface area (Å²) in [6.07, 6.45) is 2.29. The van der Waals surface area contributed by atoms with Crippen LogP contribution in [0.15, 0.2) is 63.3 Å². The topological polar surface area (TPSA) is 79.8 Å². The Labute approximate surface area is 173 Å². The highest BCUT2D eigenvalue weighted by Gasteiger charge is 2.11. The first-order valence-electron chi connectivity index (χ1n) is 8.70. The third-order valence-electron chi connectivity index (χ3n) is 3.52. The minimum Gasteiger partial charge on any atom is -0.451 e. The summed E-state index contributed by atoms with van der Waals surface area (Å²) in [5.41, 5.74) is 1.28. The van der Waals surface area contributed by atoms with E-state index in [1.54, 1.807) is 18.0 Å². The van der Waals surface area contributed by atoms with Crippen LogP contribution < -0.4 is 10.6 Å². The monoisotopic (exact) mass is 417 g/mol. The second-order valence-corrected chi connectivity index (χ2v) is 7.58. The van der Waals surface area contributed by atoms with Crippen molar-refractivity contribution in [2.45, 2.75) is 29.6 Å². The van der Waals surface area contributed by atoms with E-state index in [1.165, 1.54) is 18.9 Å². The summed E-state index contributed by atoms with van der Waals surface area (Å²) in [5, 5.41) is 6.40. The lowest BCUT2D eigenvalue weighted by Gasteiger charge is -2.15. The fourth-order valence-corrected chi connectivity index (χ4v) is 3.49. The maximum atomic E-state index is 12.2. The third kappa shape index (κ3) is 6.94. The van der Waals surface area contributed by atoms with Gasteiger partial charge in [-0.2, -0.15) is 4.99 Å². The van der Waals surface area contributed by atoms with Gasteiger partial charge in [0.1, 0.15) is 0 Å². The van der Waals surface area contributed by atoms with E-state index in [2.05, 4.69) is 20.4 Å². The molecule has 2 rings (SSSR count). The molecule has 0 fully saturated rings. The fraction of sp³-hybridized carbons (Fsp3) is 0.250. The number of amides is 2. The van der Waals surface area contributed by atoms with Crippen LogP contribution in [0, 0.1) is 0 Å². The summed E-state index contributed by atoms with van der Waals surface area (Å²) in [6.45, 7) is 1.95. The van der Waals surface area contributed by atoms with Crippen LogP contribution in [-0.2, 0) is 9.53 Å². The molecule has 0 radical (unpaired) electrons. The highest BCUT2D eigenvalue weighted by Crippen LogP contribution is 2.33. The van der Waals surface area contributed by atoms with Crippen LogP contribution in [0.2, 0.25) is 0 Å². The molecule has 2 amide bonds.